The number of hydrogen-bond donors (Lipinski definition) is 2. The lowest BCUT2D eigenvalue weighted by atomic mass is 10.0. The highest BCUT2D eigenvalue weighted by Crippen LogP contribution is 2.18. The number of aryl methyl sites for hydroxylation is 1. The van der Waals surface area contributed by atoms with E-state index in [4.69, 9.17) is 5.73 Å². The Kier molecular flexibility index (Phi) is 5.78. The lowest BCUT2D eigenvalue weighted by Crippen LogP contribution is -2.47. The molecule has 0 unspecified atom stereocenters. The molecular formula is C19H25N5O2. The van der Waals surface area contributed by atoms with Crippen molar-refractivity contribution in [3.05, 3.63) is 46.1 Å². The summed E-state index contributed by atoms with van der Waals surface area (Å²) >= 11 is 0. The van der Waals surface area contributed by atoms with Gasteiger partial charge < -0.3 is 15.6 Å². The number of piperidine rings is 1. The van der Waals surface area contributed by atoms with Crippen LogP contribution in [0, 0.1) is 6.92 Å². The molecule has 1 saturated heterocycles. The van der Waals surface area contributed by atoms with E-state index in [0.717, 1.165) is 31.4 Å². The monoisotopic (exact) mass is 355 g/mol. The standard InChI is InChI=1S/C19H25N5O2/c1-13-16(7-8-17(25)24-10-3-2-6-15(24)11-20)19(26)23-18(22-13)14-5-4-9-21-12-14/h4-5,9,12,15H,2-3,6-8,10-11,20H2,1H3,(H,22,23,26)/t15-/m1/s1. The SMILES string of the molecule is Cc1nc(-c2cccnc2)[nH]c(=O)c1CCC(=O)N1CCCC[C@@H]1CN. The van der Waals surface area contributed by atoms with Gasteiger partial charge in [-0.05, 0) is 44.7 Å². The zero-order valence-corrected chi connectivity index (χ0v) is 15.1. The van der Waals surface area contributed by atoms with Gasteiger partial charge in [0.05, 0.1) is 0 Å². The van der Waals surface area contributed by atoms with Gasteiger partial charge in [-0.3, -0.25) is 14.6 Å². The first-order chi connectivity index (χ1) is 12.6. The van der Waals surface area contributed by atoms with Gasteiger partial charge in [0.15, 0.2) is 0 Å². The zero-order chi connectivity index (χ0) is 18.5. The number of nitrogens with two attached hydrogens (primary N) is 1. The van der Waals surface area contributed by atoms with Gasteiger partial charge in [-0.1, -0.05) is 0 Å². The molecular weight excluding hydrogens is 330 g/mol. The second-order valence-electron chi connectivity index (χ2n) is 6.69. The maximum atomic E-state index is 12.6. The van der Waals surface area contributed by atoms with Gasteiger partial charge in [0, 0.05) is 54.8 Å². The van der Waals surface area contributed by atoms with Crippen molar-refractivity contribution in [3.8, 4) is 11.4 Å². The van der Waals surface area contributed by atoms with Crippen LogP contribution in [-0.4, -0.2) is 44.9 Å². The number of likely N-dealkylation sites (tertiary alicyclic amines) is 1. The molecule has 7 heteroatoms. The molecule has 26 heavy (non-hydrogen) atoms. The molecule has 0 saturated carbocycles. The van der Waals surface area contributed by atoms with E-state index >= 15 is 0 Å². The number of hydrogen-bond acceptors (Lipinski definition) is 5. The third-order valence-corrected chi connectivity index (χ3v) is 4.97. The lowest BCUT2D eigenvalue weighted by Gasteiger charge is -2.35. The molecule has 7 nitrogen and oxygen atoms in total. The minimum absolute atomic E-state index is 0.0651. The number of carbonyl (C=O) groups is 1. The summed E-state index contributed by atoms with van der Waals surface area (Å²) in [6, 6.07) is 3.77. The average molecular weight is 355 g/mol. The smallest absolute Gasteiger partial charge is 0.254 e. The number of aromatic nitrogens is 3. The van der Waals surface area contributed by atoms with Crippen LogP contribution in [0.3, 0.4) is 0 Å². The number of aromatic amines is 1. The zero-order valence-electron chi connectivity index (χ0n) is 15.1. The van der Waals surface area contributed by atoms with Crippen molar-refractivity contribution < 1.29 is 4.79 Å². The van der Waals surface area contributed by atoms with Gasteiger partial charge >= 0.3 is 0 Å². The minimum atomic E-state index is -0.196. The fourth-order valence-corrected chi connectivity index (χ4v) is 3.49. The molecule has 1 fully saturated rings. The molecule has 1 aliphatic heterocycles. The van der Waals surface area contributed by atoms with E-state index in [1.807, 2.05) is 11.0 Å². The van der Waals surface area contributed by atoms with Crippen molar-refractivity contribution in [2.24, 2.45) is 5.73 Å². The first-order valence-corrected chi connectivity index (χ1v) is 9.10. The maximum absolute atomic E-state index is 12.6. The Bertz CT molecular complexity index is 818. The van der Waals surface area contributed by atoms with E-state index in [1.165, 1.54) is 0 Å². The third-order valence-electron chi connectivity index (χ3n) is 4.97. The summed E-state index contributed by atoms with van der Waals surface area (Å²) in [6.07, 6.45) is 7.10. The van der Waals surface area contributed by atoms with Gasteiger partial charge in [-0.15, -0.1) is 0 Å². The highest BCUT2D eigenvalue weighted by Gasteiger charge is 2.25. The molecule has 1 amide bonds. The van der Waals surface area contributed by atoms with Gasteiger partial charge in [-0.25, -0.2) is 4.98 Å². The van der Waals surface area contributed by atoms with Crippen molar-refractivity contribution >= 4 is 5.91 Å². The molecule has 2 aromatic heterocycles. The van der Waals surface area contributed by atoms with Crippen LogP contribution in [0.1, 0.15) is 36.9 Å². The summed E-state index contributed by atoms with van der Waals surface area (Å²) in [6.45, 7) is 3.06. The second-order valence-corrected chi connectivity index (χ2v) is 6.69. The number of H-pyrrole nitrogens is 1. The summed E-state index contributed by atoms with van der Waals surface area (Å²) in [4.78, 5) is 38.3. The number of rotatable bonds is 5. The number of nitrogens with one attached hydrogen (secondary N) is 1. The summed E-state index contributed by atoms with van der Waals surface area (Å²) in [7, 11) is 0. The number of amides is 1. The van der Waals surface area contributed by atoms with Gasteiger partial charge in [0.1, 0.15) is 5.82 Å². The fourth-order valence-electron chi connectivity index (χ4n) is 3.49. The van der Waals surface area contributed by atoms with E-state index in [2.05, 4.69) is 15.0 Å². The second kappa shape index (κ2) is 8.23. The van der Waals surface area contributed by atoms with Crippen molar-refractivity contribution in [2.45, 2.75) is 45.1 Å². The predicted molar refractivity (Wildman–Crippen MR) is 99.6 cm³/mol. The minimum Gasteiger partial charge on any atom is -0.338 e. The Balaban J connectivity index is 1.72. The van der Waals surface area contributed by atoms with Crippen LogP contribution in [-0.2, 0) is 11.2 Å². The lowest BCUT2D eigenvalue weighted by molar-refractivity contribution is -0.134. The molecule has 2 aromatic rings. The summed E-state index contributed by atoms with van der Waals surface area (Å²) < 4.78 is 0. The van der Waals surface area contributed by atoms with Crippen molar-refractivity contribution in [2.75, 3.05) is 13.1 Å². The molecule has 0 aromatic carbocycles. The number of carbonyl (C=O) groups excluding carboxylic acids is 1. The Morgan fingerprint density at radius 2 is 2.27 bits per heavy atom. The molecule has 0 spiro atoms. The Morgan fingerprint density at radius 3 is 2.96 bits per heavy atom. The Labute approximate surface area is 152 Å². The van der Waals surface area contributed by atoms with E-state index in [9.17, 15) is 9.59 Å². The van der Waals surface area contributed by atoms with Gasteiger partial charge in [0.25, 0.3) is 5.56 Å². The molecule has 138 valence electrons. The van der Waals surface area contributed by atoms with Crippen molar-refractivity contribution in [1.29, 1.82) is 0 Å². The molecule has 0 aliphatic carbocycles. The molecule has 1 atom stereocenters. The van der Waals surface area contributed by atoms with Crippen molar-refractivity contribution in [1.82, 2.24) is 19.9 Å². The topological polar surface area (TPSA) is 105 Å². The largest absolute Gasteiger partial charge is 0.338 e. The van der Waals surface area contributed by atoms with Crippen molar-refractivity contribution in [3.63, 3.8) is 0 Å². The molecule has 1 aliphatic rings. The highest BCUT2D eigenvalue weighted by atomic mass is 16.2. The average Bonchev–Trinajstić information content (AvgIpc) is 2.67. The summed E-state index contributed by atoms with van der Waals surface area (Å²) in [5, 5.41) is 0. The van der Waals surface area contributed by atoms with Crippen LogP contribution >= 0.6 is 0 Å². The Hall–Kier alpha value is -2.54. The Morgan fingerprint density at radius 1 is 1.42 bits per heavy atom. The molecule has 3 N–H and O–H groups in total. The number of nitrogens with zero attached hydrogens (tertiary/aromatic N) is 3. The van der Waals surface area contributed by atoms with Crippen LogP contribution in [0.5, 0.6) is 0 Å². The van der Waals surface area contributed by atoms with Crippen LogP contribution in [0.2, 0.25) is 0 Å². The van der Waals surface area contributed by atoms with Crippen LogP contribution in [0.15, 0.2) is 29.3 Å². The van der Waals surface area contributed by atoms with E-state index in [1.54, 1.807) is 25.4 Å². The molecule has 3 rings (SSSR count). The summed E-state index contributed by atoms with van der Waals surface area (Å²) in [5.74, 6) is 0.560. The first kappa shape index (κ1) is 18.3. The first-order valence-electron chi connectivity index (χ1n) is 9.10. The van der Waals surface area contributed by atoms with Crippen LogP contribution in [0.4, 0.5) is 0 Å². The molecule has 0 radical (unpaired) electrons. The van der Waals surface area contributed by atoms with E-state index in [-0.39, 0.29) is 17.5 Å². The number of pyridine rings is 1. The predicted octanol–water partition coefficient (Wildman–Crippen LogP) is 1.41. The van der Waals surface area contributed by atoms with Crippen LogP contribution in [0.25, 0.3) is 11.4 Å². The molecule has 0 bridgehead atoms. The highest BCUT2D eigenvalue weighted by molar-refractivity contribution is 5.77. The quantitative estimate of drug-likeness (QED) is 0.844. The van der Waals surface area contributed by atoms with E-state index in [0.29, 0.717) is 36.5 Å². The fraction of sp³-hybridized carbons (Fsp3) is 0.474. The normalized spacial score (nSPS) is 17.3. The van der Waals surface area contributed by atoms with E-state index < -0.39 is 0 Å². The van der Waals surface area contributed by atoms with Gasteiger partial charge in [0.2, 0.25) is 5.91 Å². The molecule has 3 heterocycles. The maximum Gasteiger partial charge on any atom is 0.254 e. The summed E-state index contributed by atoms with van der Waals surface area (Å²) in [5.41, 5.74) is 7.57. The third kappa shape index (κ3) is 3.99. The van der Waals surface area contributed by atoms with Gasteiger partial charge in [-0.2, -0.15) is 0 Å². The van der Waals surface area contributed by atoms with Crippen LogP contribution < -0.4 is 11.3 Å².